The maximum Gasteiger partial charge on any atom is 0.404 e. The third-order valence-corrected chi connectivity index (χ3v) is 7.23. The fraction of sp³-hybridized carbons (Fsp3) is 0.464. The summed E-state index contributed by atoms with van der Waals surface area (Å²) in [5, 5.41) is 2.56. The van der Waals surface area contributed by atoms with Gasteiger partial charge in [-0.05, 0) is 49.1 Å². The van der Waals surface area contributed by atoms with Crippen LogP contribution in [0.5, 0.6) is 5.75 Å². The van der Waals surface area contributed by atoms with Crippen molar-refractivity contribution < 1.29 is 32.3 Å². The molecular weight excluding hydrogens is 499 g/mol. The molecule has 0 aromatic heterocycles. The van der Waals surface area contributed by atoms with E-state index in [1.165, 1.54) is 16.8 Å². The highest BCUT2D eigenvalue weighted by atomic mass is 19.4. The minimum atomic E-state index is -4.23. The number of benzene rings is 2. The Balaban J connectivity index is 1.41. The molecule has 204 valence electrons. The fourth-order valence-electron chi connectivity index (χ4n) is 5.22. The number of nitrogens with zero attached hydrogens (tertiary/aromatic N) is 2. The summed E-state index contributed by atoms with van der Waals surface area (Å²) in [7, 11) is 1.49. The normalized spacial score (nSPS) is 18.7. The maximum absolute atomic E-state index is 13.4. The van der Waals surface area contributed by atoms with E-state index >= 15 is 0 Å². The number of likely N-dealkylation sites (tertiary alicyclic amines) is 1. The van der Waals surface area contributed by atoms with Crippen molar-refractivity contribution in [3.63, 3.8) is 0 Å². The first-order chi connectivity index (χ1) is 18.2. The fourth-order valence-corrected chi connectivity index (χ4v) is 5.22. The van der Waals surface area contributed by atoms with E-state index in [-0.39, 0.29) is 50.8 Å². The lowest BCUT2D eigenvalue weighted by Gasteiger charge is -2.36. The van der Waals surface area contributed by atoms with Gasteiger partial charge < -0.3 is 19.7 Å². The van der Waals surface area contributed by atoms with Gasteiger partial charge in [0.05, 0.1) is 6.54 Å². The predicted molar refractivity (Wildman–Crippen MR) is 134 cm³/mol. The van der Waals surface area contributed by atoms with Crippen LogP contribution in [0.1, 0.15) is 59.2 Å². The molecule has 1 fully saturated rings. The Kier molecular flexibility index (Phi) is 8.71. The van der Waals surface area contributed by atoms with Gasteiger partial charge >= 0.3 is 6.18 Å². The number of fused-ring (bicyclic) bond motifs is 1. The highest BCUT2D eigenvalue weighted by molar-refractivity contribution is 6.01. The third kappa shape index (κ3) is 6.18. The Hall–Kier alpha value is -3.40. The number of hydrogen-bond donors (Lipinski definition) is 1. The Labute approximate surface area is 219 Å². The minimum absolute atomic E-state index is 0.137. The average molecular weight is 532 g/mol. The molecule has 0 saturated carbocycles. The van der Waals surface area contributed by atoms with Crippen LogP contribution in [0, 0.1) is 0 Å². The Bertz CT molecular complexity index is 1150. The molecule has 2 aromatic carbocycles. The first-order valence-corrected chi connectivity index (χ1v) is 12.8. The molecule has 2 amide bonds. The van der Waals surface area contributed by atoms with Crippen LogP contribution < -0.4 is 10.1 Å². The Morgan fingerprint density at radius 1 is 1.16 bits per heavy atom. The lowest BCUT2D eigenvalue weighted by Crippen LogP contribution is -2.48. The number of piperidine rings is 1. The average Bonchev–Trinajstić information content (AvgIpc) is 3.24. The maximum atomic E-state index is 13.4. The summed E-state index contributed by atoms with van der Waals surface area (Å²) < 4.78 is 46.2. The topological polar surface area (TPSA) is 79.0 Å². The number of hydrogen-bond acceptors (Lipinski definition) is 5. The van der Waals surface area contributed by atoms with Crippen LogP contribution in [-0.2, 0) is 29.3 Å². The van der Waals surface area contributed by atoms with Crippen LogP contribution in [0.3, 0.4) is 0 Å². The van der Waals surface area contributed by atoms with Crippen molar-refractivity contribution >= 4 is 18.1 Å². The van der Waals surface area contributed by atoms with Gasteiger partial charge in [0.25, 0.3) is 5.91 Å². The molecule has 0 radical (unpaired) electrons. The smallest absolute Gasteiger partial charge is 0.404 e. The van der Waals surface area contributed by atoms with Crippen molar-refractivity contribution in [1.82, 2.24) is 15.1 Å². The molecule has 0 bridgehead atoms. The molecule has 7 nitrogen and oxygen atoms in total. The standard InChI is InChI=1S/C28H32F3N3O4/c1-32-26(36)23(7-5-15-35)34-17-22-21(27(34)37)6-4-8-24(22)38-18-20-12-10-19(11-13-20)16-33-14-3-2-9-25(33)28(29,30)31/h4,6,8,10-13,15,23,25H,2-3,5,7,9,14,16-18H2,1H3,(H,32,36). The second-order valence-electron chi connectivity index (χ2n) is 9.72. The first-order valence-electron chi connectivity index (χ1n) is 12.8. The largest absolute Gasteiger partial charge is 0.489 e. The molecule has 2 heterocycles. The van der Waals surface area contributed by atoms with E-state index < -0.39 is 18.3 Å². The summed E-state index contributed by atoms with van der Waals surface area (Å²) in [6.45, 7) is 1.08. The van der Waals surface area contributed by atoms with Crippen LogP contribution in [0.4, 0.5) is 13.2 Å². The highest BCUT2D eigenvalue weighted by Crippen LogP contribution is 2.34. The van der Waals surface area contributed by atoms with E-state index in [1.807, 2.05) is 24.3 Å². The zero-order valence-electron chi connectivity index (χ0n) is 21.3. The molecule has 0 spiro atoms. The van der Waals surface area contributed by atoms with E-state index in [0.717, 1.165) is 23.8 Å². The number of likely N-dealkylation sites (N-methyl/N-ethyl adjacent to an activating group) is 1. The molecule has 2 aliphatic heterocycles. The minimum Gasteiger partial charge on any atom is -0.489 e. The molecule has 1 N–H and O–H groups in total. The van der Waals surface area contributed by atoms with Gasteiger partial charge in [-0.2, -0.15) is 13.2 Å². The summed E-state index contributed by atoms with van der Waals surface area (Å²) in [5.74, 6) is -0.0966. The number of halogens is 3. The van der Waals surface area contributed by atoms with Crippen LogP contribution in [0.15, 0.2) is 42.5 Å². The van der Waals surface area contributed by atoms with E-state index in [0.29, 0.717) is 29.8 Å². The lowest BCUT2D eigenvalue weighted by molar-refractivity contribution is -0.192. The van der Waals surface area contributed by atoms with Crippen LogP contribution in [0.2, 0.25) is 0 Å². The monoisotopic (exact) mass is 531 g/mol. The van der Waals surface area contributed by atoms with Crippen molar-refractivity contribution in [3.05, 3.63) is 64.7 Å². The quantitative estimate of drug-likeness (QED) is 0.465. The van der Waals surface area contributed by atoms with Crippen LogP contribution in [0.25, 0.3) is 0 Å². The molecule has 0 aliphatic carbocycles. The molecule has 2 atom stereocenters. The van der Waals surface area contributed by atoms with Gasteiger partial charge in [-0.15, -0.1) is 0 Å². The van der Waals surface area contributed by atoms with Gasteiger partial charge in [0.15, 0.2) is 0 Å². The van der Waals surface area contributed by atoms with Crippen molar-refractivity contribution in [2.75, 3.05) is 13.6 Å². The summed E-state index contributed by atoms with van der Waals surface area (Å²) >= 11 is 0. The van der Waals surface area contributed by atoms with Gasteiger partial charge in [-0.1, -0.05) is 36.8 Å². The van der Waals surface area contributed by atoms with Gasteiger partial charge in [0.1, 0.15) is 30.7 Å². The van der Waals surface area contributed by atoms with E-state index in [1.54, 1.807) is 18.2 Å². The molecule has 2 aromatic rings. The number of ether oxygens (including phenoxy) is 1. The van der Waals surface area contributed by atoms with Gasteiger partial charge in [0.2, 0.25) is 5.91 Å². The summed E-state index contributed by atoms with van der Waals surface area (Å²) in [4.78, 5) is 39.3. The van der Waals surface area contributed by atoms with Crippen molar-refractivity contribution in [2.24, 2.45) is 0 Å². The van der Waals surface area contributed by atoms with Crippen LogP contribution in [-0.4, -0.2) is 59.8 Å². The Morgan fingerprint density at radius 2 is 1.89 bits per heavy atom. The molecular formula is C28H32F3N3O4. The first kappa shape index (κ1) is 27.6. The van der Waals surface area contributed by atoms with Crippen molar-refractivity contribution in [2.45, 2.75) is 70.1 Å². The van der Waals surface area contributed by atoms with Gasteiger partial charge in [-0.3, -0.25) is 14.5 Å². The summed E-state index contributed by atoms with van der Waals surface area (Å²) in [6.07, 6.45) is -1.62. The number of alkyl halides is 3. The number of amides is 2. The van der Waals surface area contributed by atoms with Gasteiger partial charge in [-0.25, -0.2) is 0 Å². The zero-order valence-corrected chi connectivity index (χ0v) is 21.3. The van der Waals surface area contributed by atoms with Crippen molar-refractivity contribution in [3.8, 4) is 5.75 Å². The molecule has 38 heavy (non-hydrogen) atoms. The zero-order chi connectivity index (χ0) is 27.3. The molecule has 2 aliphatic rings. The molecule has 2 unspecified atom stereocenters. The Morgan fingerprint density at radius 3 is 2.58 bits per heavy atom. The number of carbonyl (C=O) groups is 3. The highest BCUT2D eigenvalue weighted by Gasteiger charge is 2.44. The second kappa shape index (κ2) is 12.0. The molecule has 4 rings (SSSR count). The van der Waals surface area contributed by atoms with Crippen LogP contribution >= 0.6 is 0 Å². The summed E-state index contributed by atoms with van der Waals surface area (Å²) in [5.41, 5.74) is 2.78. The summed E-state index contributed by atoms with van der Waals surface area (Å²) in [6, 6.07) is 10.3. The molecule has 1 saturated heterocycles. The third-order valence-electron chi connectivity index (χ3n) is 7.23. The number of rotatable bonds is 10. The van der Waals surface area contributed by atoms with E-state index in [4.69, 9.17) is 4.74 Å². The van der Waals surface area contributed by atoms with Crippen molar-refractivity contribution in [1.29, 1.82) is 0 Å². The number of nitrogens with one attached hydrogen (secondary N) is 1. The molecule has 10 heteroatoms. The lowest BCUT2D eigenvalue weighted by atomic mass is 10.0. The number of carbonyl (C=O) groups excluding carboxylic acids is 3. The van der Waals surface area contributed by atoms with E-state index in [2.05, 4.69) is 5.32 Å². The van der Waals surface area contributed by atoms with Gasteiger partial charge in [0, 0.05) is 31.1 Å². The number of aldehydes is 1. The second-order valence-corrected chi connectivity index (χ2v) is 9.72. The predicted octanol–water partition coefficient (Wildman–Crippen LogP) is 4.23. The van der Waals surface area contributed by atoms with E-state index in [9.17, 15) is 27.6 Å². The SMILES string of the molecule is CNC(=O)C(CCC=O)N1Cc2c(OCc3ccc(CN4CCCCC4C(F)(F)F)cc3)cccc2C1=O.